The number of aliphatic hydroxyl groups is 2. The molecule has 1 aromatic carbocycles. The molecule has 0 fully saturated rings. The van der Waals surface area contributed by atoms with Crippen molar-refractivity contribution in [3.05, 3.63) is 32.9 Å². The zero-order valence-electron chi connectivity index (χ0n) is 23.2. The van der Waals surface area contributed by atoms with Crippen LogP contribution in [0, 0.1) is 3.57 Å². The third kappa shape index (κ3) is 9.82. The Labute approximate surface area is 248 Å². The SMILES string of the molecule is CCOCCCN(C(=O)CCCC(C)=O)[C@@H]1CC(C(=O)NCCO)=C[C@H](Oc2c(I)cc(C=O)cc2OC)[C@H]1O. The number of rotatable bonds is 17. The third-order valence-electron chi connectivity index (χ3n) is 6.39. The fourth-order valence-electron chi connectivity index (χ4n) is 4.43. The van der Waals surface area contributed by atoms with Gasteiger partial charge in [-0.25, -0.2) is 0 Å². The van der Waals surface area contributed by atoms with E-state index in [0.29, 0.717) is 47.0 Å². The van der Waals surface area contributed by atoms with Crippen molar-refractivity contribution in [3.63, 3.8) is 0 Å². The number of nitrogens with one attached hydrogen (secondary N) is 1. The Kier molecular flexibility index (Phi) is 14.6. The maximum atomic E-state index is 13.4. The number of carbonyl (C=O) groups is 4. The number of Topliss-reactive ketones (excluding diaryl/α,β-unsaturated/α-hetero) is 1. The van der Waals surface area contributed by atoms with Gasteiger partial charge in [0.25, 0.3) is 0 Å². The molecule has 0 heterocycles. The van der Waals surface area contributed by atoms with Gasteiger partial charge in [-0.1, -0.05) is 0 Å². The van der Waals surface area contributed by atoms with E-state index in [0.717, 1.165) is 0 Å². The Hall–Kier alpha value is -2.55. The lowest BCUT2D eigenvalue weighted by Crippen LogP contribution is -2.55. The fraction of sp³-hybridized carbons (Fsp3) is 0.571. The highest BCUT2D eigenvalue weighted by molar-refractivity contribution is 14.1. The van der Waals surface area contributed by atoms with Gasteiger partial charge in [0, 0.05) is 56.7 Å². The van der Waals surface area contributed by atoms with E-state index in [2.05, 4.69) is 5.32 Å². The van der Waals surface area contributed by atoms with E-state index >= 15 is 0 Å². The summed E-state index contributed by atoms with van der Waals surface area (Å²) >= 11 is 1.99. The van der Waals surface area contributed by atoms with Gasteiger partial charge in [-0.2, -0.15) is 0 Å². The van der Waals surface area contributed by atoms with Gasteiger partial charge in [0.1, 0.15) is 24.3 Å². The highest BCUT2D eigenvalue weighted by Crippen LogP contribution is 2.37. The van der Waals surface area contributed by atoms with Crippen molar-refractivity contribution in [3.8, 4) is 11.5 Å². The van der Waals surface area contributed by atoms with Gasteiger partial charge < -0.3 is 39.4 Å². The maximum Gasteiger partial charge on any atom is 0.247 e. The molecular weight excluding hydrogens is 635 g/mol. The Morgan fingerprint density at radius 1 is 1.23 bits per heavy atom. The normalized spacial score (nSPS) is 18.4. The van der Waals surface area contributed by atoms with E-state index in [9.17, 15) is 29.4 Å². The highest BCUT2D eigenvalue weighted by atomic mass is 127. The molecule has 1 aromatic rings. The molecule has 0 radical (unpaired) electrons. The van der Waals surface area contributed by atoms with Crippen LogP contribution in [-0.4, -0.2) is 97.3 Å². The molecule has 40 heavy (non-hydrogen) atoms. The molecule has 1 aliphatic rings. The van der Waals surface area contributed by atoms with Crippen LogP contribution in [0.15, 0.2) is 23.8 Å². The first-order valence-corrected chi connectivity index (χ1v) is 14.4. The van der Waals surface area contributed by atoms with Gasteiger partial charge in [-0.3, -0.25) is 14.4 Å². The number of amides is 2. The number of aliphatic hydroxyl groups excluding tert-OH is 2. The van der Waals surface area contributed by atoms with Crippen molar-refractivity contribution in [1.82, 2.24) is 10.2 Å². The number of ether oxygens (including phenoxy) is 3. The number of halogens is 1. The van der Waals surface area contributed by atoms with E-state index in [1.807, 2.05) is 29.5 Å². The minimum atomic E-state index is -1.22. The quantitative estimate of drug-likeness (QED) is 0.128. The molecule has 0 aliphatic heterocycles. The predicted octanol–water partition coefficient (Wildman–Crippen LogP) is 2.04. The lowest BCUT2D eigenvalue weighted by molar-refractivity contribution is -0.139. The van der Waals surface area contributed by atoms with E-state index in [4.69, 9.17) is 14.2 Å². The second-order valence-corrected chi connectivity index (χ2v) is 10.5. The zero-order valence-corrected chi connectivity index (χ0v) is 25.3. The van der Waals surface area contributed by atoms with Crippen LogP contribution < -0.4 is 14.8 Å². The van der Waals surface area contributed by atoms with E-state index in [1.165, 1.54) is 26.2 Å². The standard InChI is InChI=1S/C28H39IN2O9/c1-4-39-12-6-10-31(25(35)8-5-7-18(2)34)22-15-20(28(37)30-9-11-32)16-23(26(22)36)40-27-21(29)13-19(17-33)14-24(27)38-3/h13-14,16-17,22-23,26,32,36H,4-12,15H2,1-3H3,(H,30,37)/t22-,23+,26+/m1/s1. The second-order valence-electron chi connectivity index (χ2n) is 9.36. The molecule has 3 atom stereocenters. The molecule has 222 valence electrons. The first-order chi connectivity index (χ1) is 19.2. The number of carbonyl (C=O) groups excluding carboxylic acids is 4. The van der Waals surface area contributed by atoms with Crippen LogP contribution in [0.3, 0.4) is 0 Å². The molecule has 2 amide bonds. The van der Waals surface area contributed by atoms with E-state index < -0.39 is 24.2 Å². The Morgan fingerprint density at radius 3 is 2.60 bits per heavy atom. The molecule has 2 rings (SSSR count). The number of hydrogen-bond donors (Lipinski definition) is 3. The summed E-state index contributed by atoms with van der Waals surface area (Å²) in [5, 5.41) is 23.3. The van der Waals surface area contributed by atoms with Crippen molar-refractivity contribution < 1.29 is 43.6 Å². The van der Waals surface area contributed by atoms with Crippen LogP contribution in [0.5, 0.6) is 11.5 Å². The largest absolute Gasteiger partial charge is 0.493 e. The van der Waals surface area contributed by atoms with Crippen molar-refractivity contribution in [2.24, 2.45) is 0 Å². The predicted molar refractivity (Wildman–Crippen MR) is 155 cm³/mol. The first-order valence-electron chi connectivity index (χ1n) is 13.3. The monoisotopic (exact) mass is 674 g/mol. The summed E-state index contributed by atoms with van der Waals surface area (Å²) in [5.41, 5.74) is 0.672. The molecule has 0 saturated carbocycles. The Balaban J connectivity index is 2.45. The molecule has 12 heteroatoms. The smallest absolute Gasteiger partial charge is 0.247 e. The van der Waals surface area contributed by atoms with E-state index in [-0.39, 0.29) is 62.1 Å². The highest BCUT2D eigenvalue weighted by Gasteiger charge is 2.40. The van der Waals surface area contributed by atoms with Crippen LogP contribution >= 0.6 is 22.6 Å². The average Bonchev–Trinajstić information content (AvgIpc) is 2.93. The average molecular weight is 675 g/mol. The number of hydrogen-bond acceptors (Lipinski definition) is 9. The maximum absolute atomic E-state index is 13.4. The summed E-state index contributed by atoms with van der Waals surface area (Å²) < 4.78 is 17.6. The summed E-state index contributed by atoms with van der Waals surface area (Å²) in [6, 6.07) is 2.30. The van der Waals surface area contributed by atoms with Crippen molar-refractivity contribution >= 4 is 46.5 Å². The first kappa shape index (κ1) is 33.7. The van der Waals surface area contributed by atoms with Crippen LogP contribution in [0.1, 0.15) is 56.3 Å². The summed E-state index contributed by atoms with van der Waals surface area (Å²) in [6.45, 7) is 4.34. The Bertz CT molecular complexity index is 1060. The summed E-state index contributed by atoms with van der Waals surface area (Å²) in [5.74, 6) is -0.162. The van der Waals surface area contributed by atoms with Crippen LogP contribution in [0.25, 0.3) is 0 Å². The van der Waals surface area contributed by atoms with Crippen LogP contribution in [0.4, 0.5) is 0 Å². The number of ketones is 1. The topological polar surface area (TPSA) is 152 Å². The summed E-state index contributed by atoms with van der Waals surface area (Å²) in [6.07, 6.45) is 1.24. The molecule has 1 aliphatic carbocycles. The zero-order chi connectivity index (χ0) is 29.7. The summed E-state index contributed by atoms with van der Waals surface area (Å²) in [4.78, 5) is 50.7. The minimum Gasteiger partial charge on any atom is -0.493 e. The van der Waals surface area contributed by atoms with Crippen molar-refractivity contribution in [1.29, 1.82) is 0 Å². The van der Waals surface area contributed by atoms with Gasteiger partial charge in [-0.05, 0) is 67.5 Å². The second kappa shape index (κ2) is 17.3. The van der Waals surface area contributed by atoms with Crippen molar-refractivity contribution in [2.75, 3.05) is 40.0 Å². The third-order valence-corrected chi connectivity index (χ3v) is 7.19. The summed E-state index contributed by atoms with van der Waals surface area (Å²) in [7, 11) is 1.43. The Morgan fingerprint density at radius 2 is 1.98 bits per heavy atom. The number of benzene rings is 1. The van der Waals surface area contributed by atoms with Gasteiger partial charge in [-0.15, -0.1) is 0 Å². The molecule has 3 N–H and O–H groups in total. The molecule has 0 aromatic heterocycles. The minimum absolute atomic E-state index is 0.0169. The van der Waals surface area contributed by atoms with Gasteiger partial charge in [0.15, 0.2) is 11.5 Å². The molecule has 0 unspecified atom stereocenters. The van der Waals surface area contributed by atoms with Gasteiger partial charge >= 0.3 is 0 Å². The number of nitrogens with zero attached hydrogens (tertiary/aromatic N) is 1. The lowest BCUT2D eigenvalue weighted by Gasteiger charge is -2.40. The van der Waals surface area contributed by atoms with Crippen molar-refractivity contribution in [2.45, 2.75) is 64.2 Å². The fourth-order valence-corrected chi connectivity index (χ4v) is 5.18. The van der Waals surface area contributed by atoms with Crippen LogP contribution in [0.2, 0.25) is 0 Å². The van der Waals surface area contributed by atoms with Gasteiger partial charge in [0.2, 0.25) is 11.8 Å². The van der Waals surface area contributed by atoms with Crippen LogP contribution in [-0.2, 0) is 19.1 Å². The molecule has 0 bridgehead atoms. The lowest BCUT2D eigenvalue weighted by atomic mass is 9.87. The molecular formula is C28H39IN2O9. The van der Waals surface area contributed by atoms with Gasteiger partial charge in [0.05, 0.1) is 23.3 Å². The number of aldehydes is 1. The number of methoxy groups -OCH3 is 1. The molecule has 0 spiro atoms. The molecule has 11 nitrogen and oxygen atoms in total. The molecule has 0 saturated heterocycles. The van der Waals surface area contributed by atoms with E-state index in [1.54, 1.807) is 11.0 Å².